The Hall–Kier alpha value is -0.130. The summed E-state index contributed by atoms with van der Waals surface area (Å²) in [6.07, 6.45) is 9.40. The third-order valence-electron chi connectivity index (χ3n) is 3.70. The van der Waals surface area contributed by atoms with E-state index in [0.29, 0.717) is 0 Å². The van der Waals surface area contributed by atoms with E-state index in [2.05, 4.69) is 20.8 Å². The summed E-state index contributed by atoms with van der Waals surface area (Å²) in [6.45, 7) is 6.52. The molecule has 0 aliphatic heterocycles. The van der Waals surface area contributed by atoms with Gasteiger partial charge in [-0.25, -0.2) is 4.18 Å². The molecule has 0 aliphatic rings. The summed E-state index contributed by atoms with van der Waals surface area (Å²) in [5, 5.41) is 0. The van der Waals surface area contributed by atoms with Crippen molar-refractivity contribution in [2.24, 2.45) is 5.41 Å². The highest BCUT2D eigenvalue weighted by atomic mass is 32.3. The average Bonchev–Trinajstić information content (AvgIpc) is 2.36. The lowest BCUT2D eigenvalue weighted by Gasteiger charge is -2.33. The number of hydrogen-bond donors (Lipinski definition) is 1. The van der Waals surface area contributed by atoms with Gasteiger partial charge in [0.05, 0.1) is 6.61 Å². The van der Waals surface area contributed by atoms with Crippen LogP contribution in [0.25, 0.3) is 0 Å². The quantitative estimate of drug-likeness (QED) is 0.543. The fraction of sp³-hybridized carbons (Fsp3) is 1.00. The van der Waals surface area contributed by atoms with Crippen molar-refractivity contribution >= 4 is 10.4 Å². The zero-order chi connectivity index (χ0) is 14.8. The summed E-state index contributed by atoms with van der Waals surface area (Å²) in [5.74, 6) is 0. The van der Waals surface area contributed by atoms with Crippen LogP contribution in [0.15, 0.2) is 0 Å². The lowest BCUT2D eigenvalue weighted by atomic mass is 9.75. The molecule has 0 saturated carbocycles. The zero-order valence-electron chi connectivity index (χ0n) is 12.7. The molecule has 1 N–H and O–H groups in total. The molecule has 0 spiro atoms. The topological polar surface area (TPSA) is 63.6 Å². The van der Waals surface area contributed by atoms with Gasteiger partial charge in [-0.05, 0) is 24.7 Å². The number of hydrogen-bond acceptors (Lipinski definition) is 3. The van der Waals surface area contributed by atoms with Crippen LogP contribution < -0.4 is 0 Å². The first-order valence-electron chi connectivity index (χ1n) is 7.51. The van der Waals surface area contributed by atoms with Gasteiger partial charge < -0.3 is 0 Å². The van der Waals surface area contributed by atoms with E-state index in [9.17, 15) is 8.42 Å². The molecule has 0 saturated heterocycles. The zero-order valence-corrected chi connectivity index (χ0v) is 13.5. The lowest BCUT2D eigenvalue weighted by Crippen LogP contribution is -2.29. The number of rotatable bonds is 12. The fourth-order valence-corrected chi connectivity index (χ4v) is 2.85. The fourth-order valence-electron chi connectivity index (χ4n) is 2.45. The van der Waals surface area contributed by atoms with Crippen LogP contribution in [0.3, 0.4) is 0 Å². The van der Waals surface area contributed by atoms with Gasteiger partial charge in [-0.15, -0.1) is 0 Å². The molecule has 0 heterocycles. The first kappa shape index (κ1) is 18.9. The molecular formula is C14H30O4S. The van der Waals surface area contributed by atoms with Gasteiger partial charge in [-0.2, -0.15) is 8.42 Å². The van der Waals surface area contributed by atoms with Gasteiger partial charge in [0.1, 0.15) is 0 Å². The Balaban J connectivity index is 4.75. The van der Waals surface area contributed by atoms with Gasteiger partial charge in [0, 0.05) is 0 Å². The van der Waals surface area contributed by atoms with Crippen molar-refractivity contribution in [3.8, 4) is 0 Å². The predicted molar refractivity (Wildman–Crippen MR) is 78.5 cm³/mol. The molecule has 0 rings (SSSR count). The SMILES string of the molecule is CCCCC(CCCC)(CCCC)COS(=O)(=O)O. The summed E-state index contributed by atoms with van der Waals surface area (Å²) in [4.78, 5) is 0. The van der Waals surface area contributed by atoms with Crippen LogP contribution in [0.1, 0.15) is 78.6 Å². The minimum absolute atomic E-state index is 0.0994. The van der Waals surface area contributed by atoms with Crippen LogP contribution in [-0.2, 0) is 14.6 Å². The largest absolute Gasteiger partial charge is 0.397 e. The summed E-state index contributed by atoms with van der Waals surface area (Å²) < 4.78 is 35.2. The van der Waals surface area contributed by atoms with Crippen LogP contribution >= 0.6 is 0 Å². The minimum Gasteiger partial charge on any atom is -0.264 e. The second-order valence-electron chi connectivity index (χ2n) is 5.50. The Bertz CT molecular complexity index is 290. The lowest BCUT2D eigenvalue weighted by molar-refractivity contribution is 0.0973. The molecule has 0 fully saturated rings. The van der Waals surface area contributed by atoms with E-state index in [1.54, 1.807) is 0 Å². The van der Waals surface area contributed by atoms with E-state index in [1.165, 1.54) is 0 Å². The van der Waals surface area contributed by atoms with Crippen molar-refractivity contribution in [3.05, 3.63) is 0 Å². The van der Waals surface area contributed by atoms with Crippen molar-refractivity contribution < 1.29 is 17.2 Å². The first-order chi connectivity index (χ1) is 8.89. The molecule has 0 amide bonds. The van der Waals surface area contributed by atoms with Crippen LogP contribution in [0.5, 0.6) is 0 Å². The maximum Gasteiger partial charge on any atom is 0.397 e. The molecule has 0 aliphatic carbocycles. The van der Waals surface area contributed by atoms with Crippen molar-refractivity contribution in [3.63, 3.8) is 0 Å². The first-order valence-corrected chi connectivity index (χ1v) is 8.87. The Labute approximate surface area is 118 Å². The van der Waals surface area contributed by atoms with Crippen molar-refractivity contribution in [2.75, 3.05) is 6.61 Å². The van der Waals surface area contributed by atoms with E-state index in [0.717, 1.165) is 57.8 Å². The van der Waals surface area contributed by atoms with Gasteiger partial charge in [0.25, 0.3) is 0 Å². The molecular weight excluding hydrogens is 264 g/mol. The molecule has 5 heteroatoms. The maximum atomic E-state index is 10.8. The molecule has 0 aromatic carbocycles. The predicted octanol–water partition coefficient (Wildman–Crippen LogP) is 4.36. The minimum atomic E-state index is -4.33. The third-order valence-corrected chi connectivity index (χ3v) is 4.11. The molecule has 0 unspecified atom stereocenters. The van der Waals surface area contributed by atoms with Crippen molar-refractivity contribution in [2.45, 2.75) is 78.6 Å². The summed E-state index contributed by atoms with van der Waals surface area (Å²) >= 11 is 0. The molecule has 0 radical (unpaired) electrons. The molecule has 4 nitrogen and oxygen atoms in total. The smallest absolute Gasteiger partial charge is 0.264 e. The van der Waals surface area contributed by atoms with Gasteiger partial charge in [-0.1, -0.05) is 59.3 Å². The molecule has 0 aromatic heterocycles. The highest BCUT2D eigenvalue weighted by molar-refractivity contribution is 7.80. The van der Waals surface area contributed by atoms with Gasteiger partial charge in [0.15, 0.2) is 0 Å². The highest BCUT2D eigenvalue weighted by Crippen LogP contribution is 2.37. The van der Waals surface area contributed by atoms with Crippen molar-refractivity contribution in [1.29, 1.82) is 0 Å². The molecule has 0 aromatic rings. The molecule has 0 bridgehead atoms. The van der Waals surface area contributed by atoms with E-state index in [1.807, 2.05) is 0 Å². The van der Waals surface area contributed by atoms with Crippen LogP contribution in [0, 0.1) is 5.41 Å². The second-order valence-corrected chi connectivity index (χ2v) is 6.59. The average molecular weight is 294 g/mol. The Morgan fingerprint density at radius 1 is 0.895 bits per heavy atom. The second kappa shape index (κ2) is 9.72. The van der Waals surface area contributed by atoms with Gasteiger partial charge in [-0.3, -0.25) is 4.55 Å². The molecule has 116 valence electrons. The summed E-state index contributed by atoms with van der Waals surface area (Å²) in [7, 11) is -4.33. The van der Waals surface area contributed by atoms with E-state index in [4.69, 9.17) is 8.74 Å². The Kier molecular flexibility index (Phi) is 9.66. The highest BCUT2D eigenvalue weighted by Gasteiger charge is 2.30. The Morgan fingerprint density at radius 2 is 1.26 bits per heavy atom. The van der Waals surface area contributed by atoms with Gasteiger partial charge in [0.2, 0.25) is 0 Å². The summed E-state index contributed by atoms with van der Waals surface area (Å²) in [5.41, 5.74) is -0.0994. The number of unbranched alkanes of at least 4 members (excludes halogenated alkanes) is 3. The van der Waals surface area contributed by atoms with Crippen LogP contribution in [-0.4, -0.2) is 19.6 Å². The normalized spacial score (nSPS) is 12.8. The van der Waals surface area contributed by atoms with Crippen molar-refractivity contribution in [1.82, 2.24) is 0 Å². The standard InChI is InChI=1S/C14H30O4S/c1-4-7-10-14(11-8-5-2,12-9-6-3)13-18-19(15,16)17/h4-13H2,1-3H3,(H,15,16,17). The van der Waals surface area contributed by atoms with E-state index in [-0.39, 0.29) is 12.0 Å². The third kappa shape index (κ3) is 9.41. The van der Waals surface area contributed by atoms with Crippen LogP contribution in [0.4, 0.5) is 0 Å². The van der Waals surface area contributed by atoms with Crippen LogP contribution in [0.2, 0.25) is 0 Å². The Morgan fingerprint density at radius 3 is 1.53 bits per heavy atom. The summed E-state index contributed by atoms with van der Waals surface area (Å²) in [6, 6.07) is 0. The molecule has 19 heavy (non-hydrogen) atoms. The maximum absolute atomic E-state index is 10.8. The van der Waals surface area contributed by atoms with E-state index < -0.39 is 10.4 Å². The van der Waals surface area contributed by atoms with E-state index >= 15 is 0 Å². The van der Waals surface area contributed by atoms with Gasteiger partial charge >= 0.3 is 10.4 Å². The molecule has 0 atom stereocenters. The monoisotopic (exact) mass is 294 g/mol.